The van der Waals surface area contributed by atoms with Crippen LogP contribution in [0.1, 0.15) is 30.4 Å². The van der Waals surface area contributed by atoms with Gasteiger partial charge in [0.1, 0.15) is 12.1 Å². The SMILES string of the molecule is COC(=O)CN1CN(c2ccccc2)C2(CCN(C3CCc4c(Cl)ccc(Cl)c4C3)CC2)C1=O.Cl. The van der Waals surface area contributed by atoms with Gasteiger partial charge in [-0.3, -0.25) is 14.5 Å². The Bertz CT molecular complexity index is 1090. The minimum Gasteiger partial charge on any atom is -0.468 e. The Hall–Kier alpha value is -1.99. The number of carbonyl (C=O) groups excluding carboxylic acids is 2. The summed E-state index contributed by atoms with van der Waals surface area (Å²) in [6.45, 7) is 2.00. The molecular weight excluding hydrogens is 509 g/mol. The van der Waals surface area contributed by atoms with Gasteiger partial charge in [0, 0.05) is 34.9 Å². The van der Waals surface area contributed by atoms with Gasteiger partial charge in [0.2, 0.25) is 0 Å². The zero-order chi connectivity index (χ0) is 23.9. The van der Waals surface area contributed by atoms with Gasteiger partial charge < -0.3 is 14.5 Å². The van der Waals surface area contributed by atoms with E-state index in [9.17, 15) is 9.59 Å². The lowest BCUT2D eigenvalue weighted by Gasteiger charge is -2.46. The molecule has 1 amide bonds. The standard InChI is InChI=1S/C26H29Cl2N3O3.ClH/c1-34-24(32)16-30-17-31(18-5-3-2-4-6-18)26(25(30)33)11-13-29(14-12-26)19-7-8-20-21(15-19)23(28)10-9-22(20)27;/h2-6,9-10,19H,7-8,11-17H2,1H3;1H. The van der Waals surface area contributed by atoms with Crippen molar-refractivity contribution in [2.75, 3.05) is 38.3 Å². The number of hydrogen-bond acceptors (Lipinski definition) is 5. The number of rotatable bonds is 4. The summed E-state index contributed by atoms with van der Waals surface area (Å²) in [6, 6.07) is 14.2. The molecule has 1 unspecified atom stereocenters. The molecule has 0 saturated carbocycles. The van der Waals surface area contributed by atoms with E-state index in [4.69, 9.17) is 27.9 Å². The number of benzene rings is 2. The number of nitrogens with zero attached hydrogens (tertiary/aromatic N) is 3. The second kappa shape index (κ2) is 10.6. The van der Waals surface area contributed by atoms with Gasteiger partial charge in [0.15, 0.2) is 0 Å². The van der Waals surface area contributed by atoms with E-state index in [0.29, 0.717) is 25.6 Å². The van der Waals surface area contributed by atoms with E-state index in [1.165, 1.54) is 12.7 Å². The number of piperidine rings is 1. The Labute approximate surface area is 222 Å². The highest BCUT2D eigenvalue weighted by Crippen LogP contribution is 2.41. The smallest absolute Gasteiger partial charge is 0.325 e. The summed E-state index contributed by atoms with van der Waals surface area (Å²) >= 11 is 12.9. The molecule has 0 bridgehead atoms. The van der Waals surface area contributed by atoms with Crippen LogP contribution in [0.4, 0.5) is 5.69 Å². The van der Waals surface area contributed by atoms with Gasteiger partial charge in [-0.15, -0.1) is 12.4 Å². The number of fused-ring (bicyclic) bond motifs is 1. The number of likely N-dealkylation sites (tertiary alicyclic amines) is 1. The van der Waals surface area contributed by atoms with Crippen LogP contribution in [-0.2, 0) is 27.2 Å². The average molecular weight is 539 g/mol. The maximum Gasteiger partial charge on any atom is 0.325 e. The third-order valence-electron chi connectivity index (χ3n) is 7.76. The molecule has 3 aliphatic rings. The Balaban J connectivity index is 0.00000289. The number of ether oxygens (including phenoxy) is 1. The first-order valence-electron chi connectivity index (χ1n) is 11.8. The minimum atomic E-state index is -0.639. The fourth-order valence-corrected chi connectivity index (χ4v) is 6.41. The second-order valence-corrected chi connectivity index (χ2v) is 10.2. The zero-order valence-corrected chi connectivity index (χ0v) is 22.0. The molecule has 2 fully saturated rings. The number of esters is 1. The number of anilines is 1. The second-order valence-electron chi connectivity index (χ2n) is 9.43. The molecule has 5 rings (SSSR count). The van der Waals surface area contributed by atoms with Gasteiger partial charge in [-0.2, -0.15) is 0 Å². The Morgan fingerprint density at radius 3 is 2.37 bits per heavy atom. The van der Waals surface area contributed by atoms with Crippen LogP contribution < -0.4 is 4.90 Å². The largest absolute Gasteiger partial charge is 0.468 e. The molecule has 188 valence electrons. The quantitative estimate of drug-likeness (QED) is 0.533. The highest BCUT2D eigenvalue weighted by atomic mass is 35.5. The van der Waals surface area contributed by atoms with E-state index in [2.05, 4.69) is 9.80 Å². The highest BCUT2D eigenvalue weighted by molar-refractivity contribution is 6.34. The highest BCUT2D eigenvalue weighted by Gasteiger charge is 2.54. The predicted octanol–water partition coefficient (Wildman–Crippen LogP) is 4.59. The minimum absolute atomic E-state index is 0. The molecule has 1 spiro atoms. The van der Waals surface area contributed by atoms with Gasteiger partial charge in [0.05, 0.1) is 13.8 Å². The van der Waals surface area contributed by atoms with E-state index >= 15 is 0 Å². The van der Waals surface area contributed by atoms with Crippen molar-refractivity contribution < 1.29 is 14.3 Å². The van der Waals surface area contributed by atoms with Gasteiger partial charge >= 0.3 is 5.97 Å². The molecule has 9 heteroatoms. The summed E-state index contributed by atoms with van der Waals surface area (Å²) < 4.78 is 4.84. The van der Waals surface area contributed by atoms with Crippen LogP contribution in [0.3, 0.4) is 0 Å². The number of halogens is 3. The number of amides is 1. The summed E-state index contributed by atoms with van der Waals surface area (Å²) in [6.07, 6.45) is 4.26. The molecule has 0 radical (unpaired) electrons. The van der Waals surface area contributed by atoms with Crippen LogP contribution >= 0.6 is 35.6 Å². The normalized spacial score (nSPS) is 21.6. The van der Waals surface area contributed by atoms with Crippen LogP contribution in [0.15, 0.2) is 42.5 Å². The summed E-state index contributed by atoms with van der Waals surface area (Å²) in [5, 5.41) is 1.59. The van der Waals surface area contributed by atoms with Crippen molar-refractivity contribution in [1.29, 1.82) is 0 Å². The summed E-state index contributed by atoms with van der Waals surface area (Å²) in [5.74, 6) is -0.377. The van der Waals surface area contributed by atoms with E-state index in [1.54, 1.807) is 4.90 Å². The molecule has 2 saturated heterocycles. The molecule has 2 aromatic rings. The fraction of sp³-hybridized carbons (Fsp3) is 0.462. The lowest BCUT2D eigenvalue weighted by molar-refractivity contribution is -0.147. The molecule has 2 heterocycles. The van der Waals surface area contributed by atoms with Crippen LogP contribution in [-0.4, -0.2) is 66.7 Å². The first-order valence-corrected chi connectivity index (χ1v) is 12.6. The third kappa shape index (κ3) is 4.74. The Kier molecular flexibility index (Phi) is 7.86. The van der Waals surface area contributed by atoms with Crippen LogP contribution in [0.25, 0.3) is 0 Å². The summed E-state index contributed by atoms with van der Waals surface area (Å²) in [7, 11) is 1.36. The van der Waals surface area contributed by atoms with E-state index in [0.717, 1.165) is 53.6 Å². The molecule has 2 aliphatic heterocycles. The topological polar surface area (TPSA) is 53.1 Å². The molecule has 1 aliphatic carbocycles. The molecule has 1 atom stereocenters. The Morgan fingerprint density at radius 1 is 1.06 bits per heavy atom. The van der Waals surface area contributed by atoms with Crippen molar-refractivity contribution in [3.8, 4) is 0 Å². The van der Waals surface area contributed by atoms with Gasteiger partial charge in [-0.25, -0.2) is 0 Å². The van der Waals surface area contributed by atoms with E-state index < -0.39 is 11.5 Å². The van der Waals surface area contributed by atoms with Crippen molar-refractivity contribution in [3.05, 3.63) is 63.6 Å². The zero-order valence-electron chi connectivity index (χ0n) is 19.7. The first kappa shape index (κ1) is 26.1. The summed E-state index contributed by atoms with van der Waals surface area (Å²) in [5.41, 5.74) is 2.71. The number of hydrogen-bond donors (Lipinski definition) is 0. The molecule has 0 N–H and O–H groups in total. The lowest BCUT2D eigenvalue weighted by Crippen LogP contribution is -2.58. The molecular formula is C26H30Cl3N3O3. The van der Waals surface area contributed by atoms with Gasteiger partial charge in [-0.05, 0) is 67.5 Å². The lowest BCUT2D eigenvalue weighted by atomic mass is 9.82. The first-order chi connectivity index (χ1) is 16.4. The average Bonchev–Trinajstić information content (AvgIpc) is 3.13. The van der Waals surface area contributed by atoms with Crippen molar-refractivity contribution in [3.63, 3.8) is 0 Å². The molecule has 35 heavy (non-hydrogen) atoms. The number of methoxy groups -OCH3 is 1. The van der Waals surface area contributed by atoms with E-state index in [-0.39, 0.29) is 24.9 Å². The molecule has 0 aromatic heterocycles. The maximum absolute atomic E-state index is 13.7. The third-order valence-corrected chi connectivity index (χ3v) is 8.46. The number of para-hydroxylation sites is 1. The fourth-order valence-electron chi connectivity index (χ4n) is 5.89. The van der Waals surface area contributed by atoms with E-state index in [1.807, 2.05) is 42.5 Å². The molecule has 6 nitrogen and oxygen atoms in total. The predicted molar refractivity (Wildman–Crippen MR) is 141 cm³/mol. The number of carbonyl (C=O) groups is 2. The Morgan fingerprint density at radius 2 is 1.71 bits per heavy atom. The maximum atomic E-state index is 13.7. The molecule has 2 aromatic carbocycles. The van der Waals surface area contributed by atoms with Crippen LogP contribution in [0.5, 0.6) is 0 Å². The summed E-state index contributed by atoms with van der Waals surface area (Å²) in [4.78, 5) is 32.0. The van der Waals surface area contributed by atoms with Crippen LogP contribution in [0, 0.1) is 0 Å². The van der Waals surface area contributed by atoms with Crippen LogP contribution in [0.2, 0.25) is 10.0 Å². The van der Waals surface area contributed by atoms with Gasteiger partial charge in [0.25, 0.3) is 5.91 Å². The van der Waals surface area contributed by atoms with Crippen molar-refractivity contribution >= 4 is 53.2 Å². The van der Waals surface area contributed by atoms with Crippen molar-refractivity contribution in [2.24, 2.45) is 0 Å². The van der Waals surface area contributed by atoms with Crippen molar-refractivity contribution in [2.45, 2.75) is 43.7 Å². The van der Waals surface area contributed by atoms with Crippen molar-refractivity contribution in [1.82, 2.24) is 9.80 Å². The van der Waals surface area contributed by atoms with Gasteiger partial charge in [-0.1, -0.05) is 41.4 Å². The monoisotopic (exact) mass is 537 g/mol.